The highest BCUT2D eigenvalue weighted by Crippen LogP contribution is 2.25. The molecular formula is C24H23N3O3. The molecule has 3 aromatic carbocycles. The number of fused-ring (bicyclic) bond motifs is 1. The number of hydrogen-bond donors (Lipinski definition) is 1. The van der Waals surface area contributed by atoms with E-state index in [4.69, 9.17) is 9.47 Å². The molecule has 0 radical (unpaired) electrons. The highest BCUT2D eigenvalue weighted by atomic mass is 16.5. The van der Waals surface area contributed by atoms with Gasteiger partial charge in [-0.05, 0) is 48.9 Å². The van der Waals surface area contributed by atoms with E-state index >= 15 is 0 Å². The quantitative estimate of drug-likeness (QED) is 0.493. The van der Waals surface area contributed by atoms with E-state index in [1.165, 1.54) is 0 Å². The number of carbonyl (C=O) groups excluding carboxylic acids is 1. The Labute approximate surface area is 175 Å². The first-order valence-electron chi connectivity index (χ1n) is 9.70. The van der Waals surface area contributed by atoms with Crippen LogP contribution < -0.4 is 14.8 Å². The van der Waals surface area contributed by atoms with Gasteiger partial charge in [0.1, 0.15) is 30.5 Å². The Bertz CT molecular complexity index is 1170. The summed E-state index contributed by atoms with van der Waals surface area (Å²) in [7, 11) is 1.59. The van der Waals surface area contributed by atoms with Crippen LogP contribution >= 0.6 is 0 Å². The van der Waals surface area contributed by atoms with Crippen LogP contribution in [0.15, 0.2) is 72.8 Å². The molecule has 0 saturated carbocycles. The minimum absolute atomic E-state index is 0.116. The molecule has 0 fully saturated rings. The first-order chi connectivity index (χ1) is 14.6. The van der Waals surface area contributed by atoms with Crippen molar-refractivity contribution in [3.8, 4) is 11.5 Å². The maximum atomic E-state index is 12.9. The summed E-state index contributed by atoms with van der Waals surface area (Å²) in [6.45, 7) is 2.35. The van der Waals surface area contributed by atoms with Gasteiger partial charge in [-0.15, -0.1) is 0 Å². The van der Waals surface area contributed by atoms with E-state index in [0.29, 0.717) is 17.3 Å². The van der Waals surface area contributed by atoms with Crippen LogP contribution in [-0.2, 0) is 17.9 Å². The van der Waals surface area contributed by atoms with Gasteiger partial charge in [-0.1, -0.05) is 36.4 Å². The predicted molar refractivity (Wildman–Crippen MR) is 117 cm³/mol. The van der Waals surface area contributed by atoms with Gasteiger partial charge in [0.25, 0.3) is 0 Å². The predicted octanol–water partition coefficient (Wildman–Crippen LogP) is 4.57. The van der Waals surface area contributed by atoms with Gasteiger partial charge in [0.15, 0.2) is 0 Å². The number of amides is 1. The largest absolute Gasteiger partial charge is 0.495 e. The number of benzene rings is 3. The van der Waals surface area contributed by atoms with E-state index in [1.54, 1.807) is 7.11 Å². The Morgan fingerprint density at radius 1 is 1.03 bits per heavy atom. The molecule has 1 heterocycles. The van der Waals surface area contributed by atoms with Crippen LogP contribution in [0, 0.1) is 6.92 Å². The zero-order valence-electron chi connectivity index (χ0n) is 17.0. The van der Waals surface area contributed by atoms with E-state index in [2.05, 4.69) is 10.3 Å². The molecule has 1 N–H and O–H groups in total. The van der Waals surface area contributed by atoms with Gasteiger partial charge in [0, 0.05) is 0 Å². The van der Waals surface area contributed by atoms with Gasteiger partial charge in [0.2, 0.25) is 5.91 Å². The van der Waals surface area contributed by atoms with Gasteiger partial charge >= 0.3 is 0 Å². The second-order valence-corrected chi connectivity index (χ2v) is 6.96. The first-order valence-corrected chi connectivity index (χ1v) is 9.70. The molecule has 4 aromatic rings. The molecule has 1 aromatic heterocycles. The lowest BCUT2D eigenvalue weighted by Crippen LogP contribution is -2.21. The van der Waals surface area contributed by atoms with Crippen molar-refractivity contribution in [1.82, 2.24) is 9.55 Å². The molecule has 152 valence electrons. The van der Waals surface area contributed by atoms with Crippen LogP contribution in [-0.4, -0.2) is 22.6 Å². The van der Waals surface area contributed by atoms with E-state index in [1.807, 2.05) is 84.3 Å². The highest BCUT2D eigenvalue weighted by Gasteiger charge is 2.15. The molecule has 0 aliphatic rings. The third-order valence-electron chi connectivity index (χ3n) is 4.78. The molecule has 0 saturated heterocycles. The van der Waals surface area contributed by atoms with Crippen LogP contribution in [0.4, 0.5) is 5.69 Å². The lowest BCUT2D eigenvalue weighted by molar-refractivity contribution is -0.116. The standard InChI is InChI=1S/C24H23N3O3/c1-17-12-13-22(29-2)20(14-17)26-24(28)15-27-21-11-7-6-10-19(21)25-23(27)16-30-18-8-4-3-5-9-18/h3-14H,15-16H2,1-2H3,(H,26,28). The van der Waals surface area contributed by atoms with Crippen molar-refractivity contribution >= 4 is 22.6 Å². The minimum atomic E-state index is -0.164. The number of ether oxygens (including phenoxy) is 2. The highest BCUT2D eigenvalue weighted by molar-refractivity contribution is 5.93. The van der Waals surface area contributed by atoms with Gasteiger partial charge in [-0.25, -0.2) is 4.98 Å². The summed E-state index contributed by atoms with van der Waals surface area (Å²) in [6.07, 6.45) is 0. The van der Waals surface area contributed by atoms with E-state index in [0.717, 1.165) is 22.3 Å². The average Bonchev–Trinajstić information content (AvgIpc) is 3.10. The zero-order chi connectivity index (χ0) is 20.9. The van der Waals surface area contributed by atoms with Crippen molar-refractivity contribution in [2.24, 2.45) is 0 Å². The average molecular weight is 401 g/mol. The molecule has 1 amide bonds. The summed E-state index contributed by atoms with van der Waals surface area (Å²) in [5.41, 5.74) is 3.39. The Morgan fingerprint density at radius 2 is 1.80 bits per heavy atom. The summed E-state index contributed by atoms with van der Waals surface area (Å²) in [4.78, 5) is 17.5. The number of aromatic nitrogens is 2. The number of aryl methyl sites for hydroxylation is 1. The number of nitrogens with zero attached hydrogens (tertiary/aromatic N) is 2. The molecule has 0 aliphatic heterocycles. The van der Waals surface area contributed by atoms with Gasteiger partial charge in [0.05, 0.1) is 23.8 Å². The molecule has 6 heteroatoms. The van der Waals surface area contributed by atoms with Crippen molar-refractivity contribution in [3.63, 3.8) is 0 Å². The molecule has 0 unspecified atom stereocenters. The number of rotatable bonds is 7. The monoisotopic (exact) mass is 401 g/mol. The number of methoxy groups -OCH3 is 1. The fraction of sp³-hybridized carbons (Fsp3) is 0.167. The topological polar surface area (TPSA) is 65.4 Å². The van der Waals surface area contributed by atoms with Crippen LogP contribution in [0.2, 0.25) is 0 Å². The number of nitrogens with one attached hydrogen (secondary N) is 1. The Hall–Kier alpha value is -3.80. The first kappa shape index (κ1) is 19.5. The number of imidazole rings is 1. The molecule has 0 aliphatic carbocycles. The van der Waals surface area contributed by atoms with Crippen molar-refractivity contribution in [1.29, 1.82) is 0 Å². The van der Waals surface area contributed by atoms with Crippen LogP contribution in [0.1, 0.15) is 11.4 Å². The van der Waals surface area contributed by atoms with Crippen LogP contribution in [0.25, 0.3) is 11.0 Å². The molecule has 0 bridgehead atoms. The number of hydrogen-bond acceptors (Lipinski definition) is 4. The lowest BCUT2D eigenvalue weighted by atomic mass is 10.2. The molecule has 6 nitrogen and oxygen atoms in total. The second kappa shape index (κ2) is 8.69. The van der Waals surface area contributed by atoms with Crippen LogP contribution in [0.3, 0.4) is 0 Å². The summed E-state index contributed by atoms with van der Waals surface area (Å²) in [6, 6.07) is 23.0. The summed E-state index contributed by atoms with van der Waals surface area (Å²) in [5.74, 6) is 1.90. The summed E-state index contributed by atoms with van der Waals surface area (Å²) < 4.78 is 13.1. The molecule has 0 spiro atoms. The maximum absolute atomic E-state index is 12.9. The van der Waals surface area contributed by atoms with Crippen LogP contribution in [0.5, 0.6) is 11.5 Å². The SMILES string of the molecule is COc1ccc(C)cc1NC(=O)Cn1c(COc2ccccc2)nc2ccccc21. The van der Waals surface area contributed by atoms with Gasteiger partial charge in [-0.3, -0.25) is 4.79 Å². The van der Waals surface area contributed by atoms with Crippen molar-refractivity contribution in [2.75, 3.05) is 12.4 Å². The van der Waals surface area contributed by atoms with Crippen molar-refractivity contribution < 1.29 is 14.3 Å². The minimum Gasteiger partial charge on any atom is -0.495 e. The smallest absolute Gasteiger partial charge is 0.244 e. The number of anilines is 1. The molecule has 30 heavy (non-hydrogen) atoms. The molecule has 4 rings (SSSR count). The van der Waals surface area contributed by atoms with Gasteiger partial charge in [-0.2, -0.15) is 0 Å². The fourth-order valence-corrected chi connectivity index (χ4v) is 3.33. The van der Waals surface area contributed by atoms with Gasteiger partial charge < -0.3 is 19.4 Å². The Morgan fingerprint density at radius 3 is 2.60 bits per heavy atom. The maximum Gasteiger partial charge on any atom is 0.244 e. The van der Waals surface area contributed by atoms with E-state index in [9.17, 15) is 4.79 Å². The summed E-state index contributed by atoms with van der Waals surface area (Å²) in [5, 5.41) is 2.95. The van der Waals surface area contributed by atoms with Crippen molar-refractivity contribution in [3.05, 3.63) is 84.2 Å². The number of carbonyl (C=O) groups is 1. The number of para-hydroxylation sites is 3. The lowest BCUT2D eigenvalue weighted by Gasteiger charge is -2.13. The third-order valence-corrected chi connectivity index (χ3v) is 4.78. The van der Waals surface area contributed by atoms with E-state index in [-0.39, 0.29) is 19.1 Å². The van der Waals surface area contributed by atoms with E-state index < -0.39 is 0 Å². The Balaban J connectivity index is 1.58. The van der Waals surface area contributed by atoms with Crippen molar-refractivity contribution in [2.45, 2.75) is 20.1 Å². The fourth-order valence-electron chi connectivity index (χ4n) is 3.33. The summed E-state index contributed by atoms with van der Waals surface area (Å²) >= 11 is 0. The molecular weight excluding hydrogens is 378 g/mol. The normalized spacial score (nSPS) is 10.7. The molecule has 0 atom stereocenters. The third kappa shape index (κ3) is 4.27. The second-order valence-electron chi connectivity index (χ2n) is 6.96. The Kier molecular flexibility index (Phi) is 5.66. The zero-order valence-corrected chi connectivity index (χ0v) is 17.0.